The van der Waals surface area contributed by atoms with Gasteiger partial charge in [-0.05, 0) is 65.0 Å². The summed E-state index contributed by atoms with van der Waals surface area (Å²) in [5, 5.41) is 0. The molecule has 0 aliphatic rings. The molecule has 0 aliphatic heterocycles. The van der Waals surface area contributed by atoms with Gasteiger partial charge in [-0.15, -0.1) is 0 Å². The second kappa shape index (κ2) is 16.6. The molecule has 0 fully saturated rings. The molecule has 0 amide bonds. The van der Waals surface area contributed by atoms with Crippen molar-refractivity contribution in [1.82, 2.24) is 0 Å². The van der Waals surface area contributed by atoms with E-state index in [1.165, 1.54) is 26.4 Å². The Kier molecular flexibility index (Phi) is 16.1. The summed E-state index contributed by atoms with van der Waals surface area (Å²) in [5.41, 5.74) is 0. The van der Waals surface area contributed by atoms with Crippen molar-refractivity contribution in [1.29, 1.82) is 0 Å². The number of allylic oxidation sites excluding steroid dienone is 4. The van der Waals surface area contributed by atoms with E-state index >= 15 is 0 Å². The molecule has 180 valence electrons. The standard InChI is InChI=1S/C25H48O4Si2/c1-9-10-20-23(28-30(3,4)5)24(29-31(6,7)8)21-18-16-14-12-11-13-15-17-19-22-25(26)27-2/h10,14,16,18,20-21,23-24H,9,11-13,15,17,19,22H2,1-8H3/b16-14-,20-10-,21-18+/t23-,24-/m0/s1. The average molecular weight is 469 g/mol. The molecule has 0 spiro atoms. The maximum atomic E-state index is 11.1. The maximum Gasteiger partial charge on any atom is 0.305 e. The second-order valence-electron chi connectivity index (χ2n) is 9.92. The molecule has 6 heteroatoms. The predicted octanol–water partition coefficient (Wildman–Crippen LogP) is 7.41. The highest BCUT2D eigenvalue weighted by atomic mass is 28.4. The van der Waals surface area contributed by atoms with Gasteiger partial charge in [-0.25, -0.2) is 0 Å². The van der Waals surface area contributed by atoms with Crippen LogP contribution in [0.15, 0.2) is 36.5 Å². The van der Waals surface area contributed by atoms with Gasteiger partial charge >= 0.3 is 5.97 Å². The highest BCUT2D eigenvalue weighted by molar-refractivity contribution is 6.70. The molecule has 2 atom stereocenters. The molecule has 0 rings (SSSR count). The van der Waals surface area contributed by atoms with Crippen LogP contribution in [0.2, 0.25) is 39.3 Å². The molecule has 0 aromatic rings. The lowest BCUT2D eigenvalue weighted by Gasteiger charge is -2.33. The monoisotopic (exact) mass is 468 g/mol. The first-order valence-corrected chi connectivity index (χ1v) is 18.7. The van der Waals surface area contributed by atoms with Crippen molar-refractivity contribution in [3.05, 3.63) is 36.5 Å². The Bertz CT molecular complexity index is 557. The van der Waals surface area contributed by atoms with Gasteiger partial charge in [0.05, 0.1) is 19.3 Å². The molecule has 0 radical (unpaired) electrons. The van der Waals surface area contributed by atoms with Crippen molar-refractivity contribution in [2.75, 3.05) is 7.11 Å². The first kappa shape index (κ1) is 30.0. The normalized spacial score (nSPS) is 15.2. The minimum atomic E-state index is -1.71. The summed E-state index contributed by atoms with van der Waals surface area (Å²) in [4.78, 5) is 11.1. The fraction of sp³-hybridized carbons (Fsp3) is 0.720. The Balaban J connectivity index is 4.62. The summed E-state index contributed by atoms with van der Waals surface area (Å²) in [7, 11) is -1.95. The van der Waals surface area contributed by atoms with Gasteiger partial charge in [0.1, 0.15) is 0 Å². The van der Waals surface area contributed by atoms with E-state index in [9.17, 15) is 4.79 Å². The van der Waals surface area contributed by atoms with Crippen LogP contribution in [-0.4, -0.2) is 41.9 Å². The van der Waals surface area contributed by atoms with Gasteiger partial charge in [-0.2, -0.15) is 0 Å². The predicted molar refractivity (Wildman–Crippen MR) is 138 cm³/mol. The number of hydrogen-bond acceptors (Lipinski definition) is 4. The number of hydrogen-bond donors (Lipinski definition) is 0. The van der Waals surface area contributed by atoms with Crippen LogP contribution in [0.3, 0.4) is 0 Å². The Morgan fingerprint density at radius 1 is 0.774 bits per heavy atom. The van der Waals surface area contributed by atoms with Gasteiger partial charge in [-0.1, -0.05) is 62.6 Å². The van der Waals surface area contributed by atoms with Gasteiger partial charge in [0, 0.05) is 6.42 Å². The van der Waals surface area contributed by atoms with Crippen LogP contribution in [0.1, 0.15) is 58.3 Å². The van der Waals surface area contributed by atoms with Gasteiger partial charge in [0.15, 0.2) is 16.6 Å². The first-order valence-electron chi connectivity index (χ1n) is 11.9. The Labute approximate surface area is 194 Å². The minimum Gasteiger partial charge on any atom is -0.469 e. The van der Waals surface area contributed by atoms with Crippen LogP contribution < -0.4 is 0 Å². The second-order valence-corrected chi connectivity index (χ2v) is 18.8. The molecule has 31 heavy (non-hydrogen) atoms. The highest BCUT2D eigenvalue weighted by Gasteiger charge is 2.29. The summed E-state index contributed by atoms with van der Waals surface area (Å²) < 4.78 is 17.6. The lowest BCUT2D eigenvalue weighted by molar-refractivity contribution is -0.140. The quantitative estimate of drug-likeness (QED) is 0.0733. The Morgan fingerprint density at radius 3 is 1.87 bits per heavy atom. The smallest absolute Gasteiger partial charge is 0.305 e. The number of esters is 1. The van der Waals surface area contributed by atoms with Crippen molar-refractivity contribution >= 4 is 22.6 Å². The van der Waals surface area contributed by atoms with Crippen LogP contribution >= 0.6 is 0 Å². The van der Waals surface area contributed by atoms with Crippen molar-refractivity contribution in [3.8, 4) is 0 Å². The summed E-state index contributed by atoms with van der Waals surface area (Å²) in [6, 6.07) is 0. The van der Waals surface area contributed by atoms with E-state index in [1.807, 2.05) is 0 Å². The van der Waals surface area contributed by atoms with E-state index < -0.39 is 16.6 Å². The molecule has 0 unspecified atom stereocenters. The highest BCUT2D eigenvalue weighted by Crippen LogP contribution is 2.19. The summed E-state index contributed by atoms with van der Waals surface area (Å²) in [6.07, 6.45) is 21.1. The van der Waals surface area contributed by atoms with Crippen LogP contribution in [0.4, 0.5) is 0 Å². The van der Waals surface area contributed by atoms with E-state index in [4.69, 9.17) is 8.85 Å². The summed E-state index contributed by atoms with van der Waals surface area (Å²) in [5.74, 6) is -0.103. The van der Waals surface area contributed by atoms with Crippen molar-refractivity contribution in [2.24, 2.45) is 0 Å². The summed E-state index contributed by atoms with van der Waals surface area (Å²) in [6.45, 7) is 15.5. The van der Waals surface area contributed by atoms with Crippen LogP contribution in [-0.2, 0) is 18.4 Å². The van der Waals surface area contributed by atoms with Crippen molar-refractivity contribution in [3.63, 3.8) is 0 Å². The fourth-order valence-corrected chi connectivity index (χ4v) is 5.09. The average Bonchev–Trinajstić information content (AvgIpc) is 2.66. The zero-order valence-electron chi connectivity index (χ0n) is 21.4. The van der Waals surface area contributed by atoms with Crippen LogP contribution in [0.5, 0.6) is 0 Å². The number of ether oxygens (including phenoxy) is 1. The molecule has 0 aromatic heterocycles. The zero-order chi connectivity index (χ0) is 23.8. The number of rotatable bonds is 17. The lowest BCUT2D eigenvalue weighted by Crippen LogP contribution is -2.42. The van der Waals surface area contributed by atoms with Crippen LogP contribution in [0, 0.1) is 0 Å². The van der Waals surface area contributed by atoms with Crippen molar-refractivity contribution < 1.29 is 18.4 Å². The number of carbonyl (C=O) groups excluding carboxylic acids is 1. The van der Waals surface area contributed by atoms with Crippen LogP contribution in [0.25, 0.3) is 0 Å². The minimum absolute atomic E-state index is 0.0343. The molecule has 0 heterocycles. The van der Waals surface area contributed by atoms with Crippen molar-refractivity contribution in [2.45, 2.75) is 110 Å². The molecule has 0 N–H and O–H groups in total. The third-order valence-electron chi connectivity index (χ3n) is 4.39. The van der Waals surface area contributed by atoms with E-state index in [0.717, 1.165) is 25.7 Å². The van der Waals surface area contributed by atoms with E-state index in [2.05, 4.69) is 87.4 Å². The Hall–Kier alpha value is -0.956. The molecule has 0 aliphatic carbocycles. The fourth-order valence-electron chi connectivity index (χ4n) is 3.03. The van der Waals surface area contributed by atoms with E-state index in [-0.39, 0.29) is 18.2 Å². The van der Waals surface area contributed by atoms with Gasteiger partial charge in [-0.3, -0.25) is 4.79 Å². The largest absolute Gasteiger partial charge is 0.469 e. The molecule has 0 bridgehead atoms. The molecular formula is C25H48O4Si2. The number of carbonyl (C=O) groups is 1. The summed E-state index contributed by atoms with van der Waals surface area (Å²) >= 11 is 0. The van der Waals surface area contributed by atoms with Gasteiger partial charge in [0.2, 0.25) is 0 Å². The molecule has 4 nitrogen and oxygen atoms in total. The van der Waals surface area contributed by atoms with E-state index in [1.54, 1.807) is 0 Å². The molecule has 0 aromatic carbocycles. The molecule has 0 saturated carbocycles. The maximum absolute atomic E-state index is 11.1. The van der Waals surface area contributed by atoms with Gasteiger partial charge < -0.3 is 13.6 Å². The number of unbranched alkanes of at least 4 members (excludes halogenated alkanes) is 5. The zero-order valence-corrected chi connectivity index (χ0v) is 23.4. The third-order valence-corrected chi connectivity index (χ3v) is 6.35. The number of methoxy groups -OCH3 is 1. The Morgan fingerprint density at radius 2 is 1.32 bits per heavy atom. The topological polar surface area (TPSA) is 44.8 Å². The third kappa shape index (κ3) is 19.5. The lowest BCUT2D eigenvalue weighted by atomic mass is 10.1. The molecule has 0 saturated heterocycles. The van der Waals surface area contributed by atoms with E-state index in [0.29, 0.717) is 6.42 Å². The molecular weight excluding hydrogens is 420 g/mol. The SMILES string of the molecule is CC/C=C\[C@H](O[Si](C)(C)C)[C@H](/C=C/C=C\CCCCCCCC(=O)OC)O[Si](C)(C)C. The van der Waals surface area contributed by atoms with Gasteiger partial charge in [0.25, 0.3) is 0 Å². The first-order chi connectivity index (χ1) is 14.5.